The molecule has 1 aromatic rings. The molecule has 0 aliphatic rings. The second kappa shape index (κ2) is 5.62. The zero-order chi connectivity index (χ0) is 13.9. The van der Waals surface area contributed by atoms with Crippen LogP contribution in [0.5, 0.6) is 0 Å². The minimum absolute atomic E-state index is 0.365. The van der Waals surface area contributed by atoms with Crippen molar-refractivity contribution in [1.82, 2.24) is 0 Å². The molecule has 18 heavy (non-hydrogen) atoms. The SMILES string of the molecule is Cc1ccc(F)cc1NC(=O)C(C)C(C)C(=O)O. The lowest BCUT2D eigenvalue weighted by atomic mass is 9.95. The van der Waals surface area contributed by atoms with Crippen LogP contribution in [0.15, 0.2) is 18.2 Å². The summed E-state index contributed by atoms with van der Waals surface area (Å²) in [5, 5.41) is 11.4. The van der Waals surface area contributed by atoms with Gasteiger partial charge >= 0.3 is 5.97 Å². The third-order valence-corrected chi connectivity index (χ3v) is 3.01. The van der Waals surface area contributed by atoms with Crippen LogP contribution >= 0.6 is 0 Å². The van der Waals surface area contributed by atoms with E-state index in [1.165, 1.54) is 26.0 Å². The van der Waals surface area contributed by atoms with Crippen molar-refractivity contribution >= 4 is 17.6 Å². The van der Waals surface area contributed by atoms with E-state index in [4.69, 9.17) is 5.11 Å². The zero-order valence-electron chi connectivity index (χ0n) is 10.5. The normalized spacial score (nSPS) is 13.8. The molecule has 2 atom stereocenters. The maximum Gasteiger partial charge on any atom is 0.307 e. The topological polar surface area (TPSA) is 66.4 Å². The standard InChI is InChI=1S/C13H16FNO3/c1-7-4-5-10(14)6-11(7)15-12(16)8(2)9(3)13(17)18/h4-6,8-9H,1-3H3,(H,15,16)(H,17,18). The third-order valence-electron chi connectivity index (χ3n) is 3.01. The fourth-order valence-corrected chi connectivity index (χ4v) is 1.42. The van der Waals surface area contributed by atoms with Gasteiger partial charge in [0, 0.05) is 11.6 Å². The molecule has 0 bridgehead atoms. The Hall–Kier alpha value is -1.91. The van der Waals surface area contributed by atoms with Crippen LogP contribution in [-0.4, -0.2) is 17.0 Å². The van der Waals surface area contributed by atoms with E-state index in [0.717, 1.165) is 5.56 Å². The lowest BCUT2D eigenvalue weighted by molar-refractivity contribution is -0.145. The van der Waals surface area contributed by atoms with Gasteiger partial charge in [0.2, 0.25) is 5.91 Å². The molecule has 1 amide bonds. The predicted molar refractivity (Wildman–Crippen MR) is 65.7 cm³/mol. The van der Waals surface area contributed by atoms with Gasteiger partial charge in [-0.2, -0.15) is 0 Å². The number of carboxylic acids is 1. The molecule has 0 aliphatic carbocycles. The smallest absolute Gasteiger partial charge is 0.307 e. The summed E-state index contributed by atoms with van der Waals surface area (Å²) in [6, 6.07) is 4.07. The minimum Gasteiger partial charge on any atom is -0.481 e. The number of aryl methyl sites for hydroxylation is 1. The summed E-state index contributed by atoms with van der Waals surface area (Å²) >= 11 is 0. The number of rotatable bonds is 4. The van der Waals surface area contributed by atoms with Crippen LogP contribution in [0.25, 0.3) is 0 Å². The van der Waals surface area contributed by atoms with Gasteiger partial charge in [-0.3, -0.25) is 9.59 Å². The second-order valence-corrected chi connectivity index (χ2v) is 4.36. The number of carboxylic acid groups (broad SMARTS) is 1. The molecular weight excluding hydrogens is 237 g/mol. The van der Waals surface area contributed by atoms with E-state index in [2.05, 4.69) is 5.32 Å². The number of amides is 1. The van der Waals surface area contributed by atoms with Crippen molar-refractivity contribution in [1.29, 1.82) is 0 Å². The number of halogens is 1. The number of benzene rings is 1. The van der Waals surface area contributed by atoms with Crippen molar-refractivity contribution in [3.63, 3.8) is 0 Å². The molecule has 0 heterocycles. The van der Waals surface area contributed by atoms with Gasteiger partial charge in [-0.25, -0.2) is 4.39 Å². The highest BCUT2D eigenvalue weighted by Gasteiger charge is 2.26. The predicted octanol–water partition coefficient (Wildman–Crippen LogP) is 2.43. The largest absolute Gasteiger partial charge is 0.481 e. The van der Waals surface area contributed by atoms with Gasteiger partial charge in [-0.15, -0.1) is 0 Å². The van der Waals surface area contributed by atoms with Crippen molar-refractivity contribution < 1.29 is 19.1 Å². The molecule has 1 aromatic carbocycles. The zero-order valence-corrected chi connectivity index (χ0v) is 10.5. The van der Waals surface area contributed by atoms with Gasteiger partial charge in [-0.1, -0.05) is 19.9 Å². The van der Waals surface area contributed by atoms with Crippen LogP contribution in [0, 0.1) is 24.6 Å². The van der Waals surface area contributed by atoms with E-state index < -0.39 is 29.5 Å². The molecule has 4 nitrogen and oxygen atoms in total. The van der Waals surface area contributed by atoms with Crippen LogP contribution in [0.3, 0.4) is 0 Å². The summed E-state index contributed by atoms with van der Waals surface area (Å²) in [6.45, 7) is 4.73. The Morgan fingerprint density at radius 2 is 1.89 bits per heavy atom. The lowest BCUT2D eigenvalue weighted by Gasteiger charge is -2.16. The van der Waals surface area contributed by atoms with Crippen LogP contribution in [0.1, 0.15) is 19.4 Å². The van der Waals surface area contributed by atoms with Gasteiger partial charge in [0.15, 0.2) is 0 Å². The quantitative estimate of drug-likeness (QED) is 0.866. The summed E-state index contributed by atoms with van der Waals surface area (Å²) < 4.78 is 13.0. The molecule has 0 fully saturated rings. The third kappa shape index (κ3) is 3.29. The monoisotopic (exact) mass is 253 g/mol. The van der Waals surface area contributed by atoms with Gasteiger partial charge in [-0.05, 0) is 24.6 Å². The van der Waals surface area contributed by atoms with E-state index >= 15 is 0 Å². The first kappa shape index (κ1) is 14.2. The average molecular weight is 253 g/mol. The Labute approximate surface area is 105 Å². The van der Waals surface area contributed by atoms with Crippen molar-refractivity contribution in [3.8, 4) is 0 Å². The van der Waals surface area contributed by atoms with E-state index in [1.807, 2.05) is 0 Å². The molecule has 2 N–H and O–H groups in total. The van der Waals surface area contributed by atoms with E-state index in [9.17, 15) is 14.0 Å². The maximum atomic E-state index is 13.0. The number of carbonyl (C=O) groups excluding carboxylic acids is 1. The number of nitrogens with one attached hydrogen (secondary N) is 1. The Balaban J connectivity index is 2.81. The highest BCUT2D eigenvalue weighted by atomic mass is 19.1. The van der Waals surface area contributed by atoms with E-state index in [0.29, 0.717) is 5.69 Å². The molecule has 5 heteroatoms. The first-order valence-electron chi connectivity index (χ1n) is 5.62. The Morgan fingerprint density at radius 1 is 1.28 bits per heavy atom. The summed E-state index contributed by atoms with van der Waals surface area (Å²) in [5.74, 6) is -3.40. The van der Waals surface area contributed by atoms with Crippen LogP contribution < -0.4 is 5.32 Å². The van der Waals surface area contributed by atoms with Gasteiger partial charge < -0.3 is 10.4 Å². The minimum atomic E-state index is -1.03. The van der Waals surface area contributed by atoms with Crippen LogP contribution in [-0.2, 0) is 9.59 Å². The molecule has 0 aromatic heterocycles. The van der Waals surface area contributed by atoms with Crippen LogP contribution in [0.4, 0.5) is 10.1 Å². The first-order valence-corrected chi connectivity index (χ1v) is 5.62. The summed E-state index contributed by atoms with van der Waals surface area (Å²) in [7, 11) is 0. The van der Waals surface area contributed by atoms with Crippen molar-refractivity contribution in [2.45, 2.75) is 20.8 Å². The second-order valence-electron chi connectivity index (χ2n) is 4.36. The molecule has 2 unspecified atom stereocenters. The van der Waals surface area contributed by atoms with Gasteiger partial charge in [0.25, 0.3) is 0 Å². The molecule has 0 saturated carbocycles. The highest BCUT2D eigenvalue weighted by Crippen LogP contribution is 2.19. The van der Waals surface area contributed by atoms with Gasteiger partial charge in [0.05, 0.1) is 5.92 Å². The number of carbonyl (C=O) groups is 2. The van der Waals surface area contributed by atoms with Crippen LogP contribution in [0.2, 0.25) is 0 Å². The summed E-state index contributed by atoms with van der Waals surface area (Å²) in [6.07, 6.45) is 0. The number of hydrogen-bond acceptors (Lipinski definition) is 2. The number of aliphatic carboxylic acids is 1. The Bertz CT molecular complexity index is 473. The molecular formula is C13H16FNO3. The van der Waals surface area contributed by atoms with Crippen molar-refractivity contribution in [3.05, 3.63) is 29.6 Å². The first-order chi connectivity index (χ1) is 8.32. The van der Waals surface area contributed by atoms with Gasteiger partial charge in [0.1, 0.15) is 5.82 Å². The average Bonchev–Trinajstić information content (AvgIpc) is 2.31. The van der Waals surface area contributed by atoms with E-state index in [-0.39, 0.29) is 0 Å². The summed E-state index contributed by atoms with van der Waals surface area (Å²) in [4.78, 5) is 22.6. The highest BCUT2D eigenvalue weighted by molar-refractivity contribution is 5.95. The summed E-state index contributed by atoms with van der Waals surface area (Å²) in [5.41, 5.74) is 1.09. The molecule has 0 aliphatic heterocycles. The Kier molecular flexibility index (Phi) is 4.42. The fraction of sp³-hybridized carbons (Fsp3) is 0.385. The maximum absolute atomic E-state index is 13.0. The number of anilines is 1. The molecule has 1 rings (SSSR count). The lowest BCUT2D eigenvalue weighted by Crippen LogP contribution is -2.30. The van der Waals surface area contributed by atoms with Crippen molar-refractivity contribution in [2.24, 2.45) is 11.8 Å². The van der Waals surface area contributed by atoms with Crippen molar-refractivity contribution in [2.75, 3.05) is 5.32 Å². The Morgan fingerprint density at radius 3 is 2.44 bits per heavy atom. The number of hydrogen-bond donors (Lipinski definition) is 2. The van der Waals surface area contributed by atoms with E-state index in [1.54, 1.807) is 13.0 Å². The molecule has 98 valence electrons. The molecule has 0 radical (unpaired) electrons. The fourth-order valence-electron chi connectivity index (χ4n) is 1.42. The molecule has 0 spiro atoms. The molecule has 0 saturated heterocycles.